The summed E-state index contributed by atoms with van der Waals surface area (Å²) in [6.45, 7) is 10.8. The van der Waals surface area contributed by atoms with E-state index in [1.165, 1.54) is 4.88 Å². The number of thiophene rings is 1. The molecule has 1 aromatic heterocycles. The number of methoxy groups -OCH3 is 1. The second kappa shape index (κ2) is 11.1. The van der Waals surface area contributed by atoms with Gasteiger partial charge >= 0.3 is 6.03 Å². The summed E-state index contributed by atoms with van der Waals surface area (Å²) in [5, 5.41) is 5.07. The van der Waals surface area contributed by atoms with Crippen LogP contribution in [0.15, 0.2) is 35.7 Å². The van der Waals surface area contributed by atoms with Gasteiger partial charge in [-0.2, -0.15) is 0 Å². The Kier molecular flexibility index (Phi) is 8.47. The lowest BCUT2D eigenvalue weighted by Gasteiger charge is -2.38. The van der Waals surface area contributed by atoms with Crippen molar-refractivity contribution >= 4 is 23.3 Å². The van der Waals surface area contributed by atoms with E-state index in [9.17, 15) is 9.59 Å². The van der Waals surface area contributed by atoms with Crippen LogP contribution in [0, 0.1) is 0 Å². The van der Waals surface area contributed by atoms with Crippen LogP contribution in [0.2, 0.25) is 0 Å². The van der Waals surface area contributed by atoms with Gasteiger partial charge in [0.15, 0.2) is 0 Å². The number of nitrogens with zero attached hydrogens (tertiary/aromatic N) is 2. The summed E-state index contributed by atoms with van der Waals surface area (Å²) in [5.74, 6) is 1.35. The van der Waals surface area contributed by atoms with Crippen molar-refractivity contribution in [3.05, 3.63) is 46.2 Å². The molecule has 0 radical (unpaired) electrons. The van der Waals surface area contributed by atoms with E-state index >= 15 is 0 Å². The monoisotopic (exact) mass is 487 g/mol. The summed E-state index contributed by atoms with van der Waals surface area (Å²) in [4.78, 5) is 31.4. The molecule has 3 amide bonds. The van der Waals surface area contributed by atoms with Crippen LogP contribution in [0.3, 0.4) is 0 Å². The van der Waals surface area contributed by atoms with Crippen molar-refractivity contribution in [2.45, 2.75) is 65.1 Å². The number of carbonyl (C=O) groups excluding carboxylic acids is 2. The lowest BCUT2D eigenvalue weighted by Crippen LogP contribution is -2.55. The highest BCUT2D eigenvalue weighted by Gasteiger charge is 2.34. The van der Waals surface area contributed by atoms with Gasteiger partial charge in [-0.1, -0.05) is 13.0 Å². The molecule has 2 aromatic rings. The van der Waals surface area contributed by atoms with Gasteiger partial charge in [0.05, 0.1) is 13.2 Å². The number of amides is 3. The maximum atomic E-state index is 13.6. The Hall–Kier alpha value is -2.74. The minimum atomic E-state index is -0.379. The van der Waals surface area contributed by atoms with Crippen molar-refractivity contribution < 1.29 is 19.1 Å². The van der Waals surface area contributed by atoms with Crippen molar-refractivity contribution in [1.29, 1.82) is 0 Å². The molecule has 0 spiro atoms. The van der Waals surface area contributed by atoms with E-state index in [2.05, 4.69) is 16.8 Å². The molecule has 1 aromatic carbocycles. The van der Waals surface area contributed by atoms with Gasteiger partial charge in [-0.05, 0) is 69.7 Å². The van der Waals surface area contributed by atoms with Gasteiger partial charge < -0.3 is 24.6 Å². The smallest absolute Gasteiger partial charge is 0.318 e. The van der Waals surface area contributed by atoms with Crippen LogP contribution in [0.1, 0.15) is 57.5 Å². The number of nitrogens with one attached hydrogen (secondary N) is 1. The molecule has 34 heavy (non-hydrogen) atoms. The van der Waals surface area contributed by atoms with E-state index in [1.807, 2.05) is 63.8 Å². The second-order valence-corrected chi connectivity index (χ2v) is 10.7. The maximum Gasteiger partial charge on any atom is 0.318 e. The Morgan fingerprint density at radius 3 is 2.68 bits per heavy atom. The van der Waals surface area contributed by atoms with Crippen LogP contribution in [0.4, 0.5) is 4.79 Å². The summed E-state index contributed by atoms with van der Waals surface area (Å²) >= 11 is 1.72. The van der Waals surface area contributed by atoms with Crippen molar-refractivity contribution in [3.63, 3.8) is 0 Å². The molecule has 0 saturated heterocycles. The predicted octanol–water partition coefficient (Wildman–Crippen LogP) is 4.87. The SMILES string of the molecule is CC[C@@H](C)N(CC(=O)N1CCc2sccc2[C@@H]1COc1cccc(OC)c1)C(=O)NC(C)(C)C. The van der Waals surface area contributed by atoms with E-state index in [4.69, 9.17) is 9.47 Å². The van der Waals surface area contributed by atoms with Gasteiger partial charge in [0.2, 0.25) is 5.91 Å². The third-order valence-electron chi connectivity index (χ3n) is 6.04. The van der Waals surface area contributed by atoms with Gasteiger partial charge in [0, 0.05) is 29.1 Å². The lowest BCUT2D eigenvalue weighted by molar-refractivity contribution is -0.136. The molecule has 0 unspecified atom stereocenters. The highest BCUT2D eigenvalue weighted by molar-refractivity contribution is 7.10. The zero-order chi connectivity index (χ0) is 24.9. The van der Waals surface area contributed by atoms with Crippen LogP contribution in [-0.4, -0.2) is 60.1 Å². The number of benzene rings is 1. The number of hydrogen-bond donors (Lipinski definition) is 1. The fraction of sp³-hybridized carbons (Fsp3) is 0.538. The Labute approximate surface area is 207 Å². The fourth-order valence-electron chi connectivity index (χ4n) is 4.02. The molecule has 2 atom stereocenters. The highest BCUT2D eigenvalue weighted by atomic mass is 32.1. The van der Waals surface area contributed by atoms with Crippen LogP contribution in [-0.2, 0) is 11.2 Å². The van der Waals surface area contributed by atoms with Gasteiger partial charge in [-0.25, -0.2) is 4.79 Å². The first-order chi connectivity index (χ1) is 16.1. The standard InChI is InChI=1S/C26H37N3O4S/c1-7-18(2)29(25(31)27-26(3,4)5)16-24(30)28-13-11-23-21(12-14-34-23)22(28)17-33-20-10-8-9-19(15-20)32-6/h8-10,12,14-15,18,22H,7,11,13,16-17H2,1-6H3,(H,27,31)/t18-,22+/m1/s1. The molecule has 0 bridgehead atoms. The predicted molar refractivity (Wildman–Crippen MR) is 136 cm³/mol. The molecule has 0 fully saturated rings. The molecule has 0 saturated carbocycles. The van der Waals surface area contributed by atoms with Gasteiger partial charge in [0.25, 0.3) is 0 Å². The number of urea groups is 1. The van der Waals surface area contributed by atoms with Crippen LogP contribution >= 0.6 is 11.3 Å². The Balaban J connectivity index is 1.79. The number of hydrogen-bond acceptors (Lipinski definition) is 5. The zero-order valence-corrected chi connectivity index (χ0v) is 21.9. The van der Waals surface area contributed by atoms with Crippen molar-refractivity contribution in [2.75, 3.05) is 26.8 Å². The molecule has 2 heterocycles. The van der Waals surface area contributed by atoms with Crippen molar-refractivity contribution in [1.82, 2.24) is 15.1 Å². The minimum absolute atomic E-state index is 0.0338. The normalized spacial score (nSPS) is 16.4. The van der Waals surface area contributed by atoms with E-state index in [-0.39, 0.29) is 36.1 Å². The Morgan fingerprint density at radius 1 is 1.26 bits per heavy atom. The number of ether oxygens (including phenoxy) is 2. The molecule has 7 nitrogen and oxygen atoms in total. The summed E-state index contributed by atoms with van der Waals surface area (Å²) in [6.07, 6.45) is 1.58. The first kappa shape index (κ1) is 25.9. The average Bonchev–Trinajstić information content (AvgIpc) is 3.28. The van der Waals surface area contributed by atoms with E-state index < -0.39 is 0 Å². The molecule has 0 aliphatic carbocycles. The third kappa shape index (κ3) is 6.44. The number of rotatable bonds is 8. The Bertz CT molecular complexity index is 984. The van der Waals surface area contributed by atoms with Crippen molar-refractivity contribution in [2.24, 2.45) is 0 Å². The van der Waals surface area contributed by atoms with Crippen LogP contribution < -0.4 is 14.8 Å². The average molecular weight is 488 g/mol. The summed E-state index contributed by atoms with van der Waals surface area (Å²) in [7, 11) is 1.62. The first-order valence-electron chi connectivity index (χ1n) is 11.8. The lowest BCUT2D eigenvalue weighted by atomic mass is 10.00. The van der Waals surface area contributed by atoms with E-state index in [0.29, 0.717) is 18.9 Å². The maximum absolute atomic E-state index is 13.6. The summed E-state index contributed by atoms with van der Waals surface area (Å²) < 4.78 is 11.4. The highest BCUT2D eigenvalue weighted by Crippen LogP contribution is 2.34. The topological polar surface area (TPSA) is 71.1 Å². The Morgan fingerprint density at radius 2 is 2.00 bits per heavy atom. The van der Waals surface area contributed by atoms with Gasteiger partial charge in [-0.3, -0.25) is 4.79 Å². The number of carbonyl (C=O) groups is 2. The molecular formula is C26H37N3O4S. The van der Waals surface area contributed by atoms with Gasteiger partial charge in [-0.15, -0.1) is 11.3 Å². The van der Waals surface area contributed by atoms with E-state index in [0.717, 1.165) is 24.2 Å². The molecule has 186 valence electrons. The summed E-state index contributed by atoms with van der Waals surface area (Å²) in [6, 6.07) is 9.07. The molecule has 1 aliphatic rings. The molecule has 1 aliphatic heterocycles. The quantitative estimate of drug-likeness (QED) is 0.577. The minimum Gasteiger partial charge on any atom is -0.497 e. The first-order valence-corrected chi connectivity index (χ1v) is 12.7. The molecule has 1 N–H and O–H groups in total. The zero-order valence-electron chi connectivity index (χ0n) is 21.1. The largest absolute Gasteiger partial charge is 0.497 e. The van der Waals surface area contributed by atoms with Crippen molar-refractivity contribution in [3.8, 4) is 11.5 Å². The third-order valence-corrected chi connectivity index (χ3v) is 7.03. The fourth-order valence-corrected chi connectivity index (χ4v) is 4.95. The second-order valence-electron chi connectivity index (χ2n) is 9.71. The van der Waals surface area contributed by atoms with Crippen LogP contribution in [0.5, 0.6) is 11.5 Å². The molecular weight excluding hydrogens is 450 g/mol. The van der Waals surface area contributed by atoms with Crippen LogP contribution in [0.25, 0.3) is 0 Å². The molecule has 3 rings (SSSR count). The molecule has 8 heteroatoms. The summed E-state index contributed by atoms with van der Waals surface area (Å²) in [5.41, 5.74) is 0.747. The van der Waals surface area contributed by atoms with E-state index in [1.54, 1.807) is 23.3 Å². The number of fused-ring (bicyclic) bond motifs is 1. The van der Waals surface area contributed by atoms with Gasteiger partial charge in [0.1, 0.15) is 24.7 Å².